The van der Waals surface area contributed by atoms with Gasteiger partial charge in [-0.3, -0.25) is 13.8 Å². The van der Waals surface area contributed by atoms with Crippen LogP contribution < -0.4 is 5.32 Å². The number of amides is 1. The number of carboxylic acid groups (broad SMARTS) is 1. The zero-order chi connectivity index (χ0) is 23.0. The highest BCUT2D eigenvalue weighted by Gasteiger charge is 2.49. The van der Waals surface area contributed by atoms with Crippen molar-refractivity contribution >= 4 is 28.0 Å². The third kappa shape index (κ3) is 9.09. The van der Waals surface area contributed by atoms with Crippen molar-refractivity contribution in [2.75, 3.05) is 12.3 Å². The van der Waals surface area contributed by atoms with Crippen LogP contribution >= 0.6 is 0 Å². The lowest BCUT2D eigenvalue weighted by Crippen LogP contribution is -2.54. The summed E-state index contributed by atoms with van der Waals surface area (Å²) in [6.45, 7) is 8.96. The van der Waals surface area contributed by atoms with Gasteiger partial charge in [0.25, 0.3) is 10.1 Å². The molecule has 0 saturated carbocycles. The first-order chi connectivity index (χ1) is 13.2. The molecule has 0 heterocycles. The van der Waals surface area contributed by atoms with Crippen molar-refractivity contribution < 1.29 is 41.9 Å². The van der Waals surface area contributed by atoms with Crippen LogP contribution in [-0.4, -0.2) is 67.1 Å². The van der Waals surface area contributed by atoms with Gasteiger partial charge < -0.3 is 20.3 Å². The van der Waals surface area contributed by atoms with Crippen LogP contribution in [0.1, 0.15) is 54.4 Å². The van der Waals surface area contributed by atoms with Crippen LogP contribution in [0.2, 0.25) is 0 Å². The van der Waals surface area contributed by atoms with Crippen molar-refractivity contribution in [3.05, 3.63) is 0 Å². The molecular weight excluding hydrogens is 406 g/mol. The molecule has 170 valence electrons. The highest BCUT2D eigenvalue weighted by Crippen LogP contribution is 2.35. The highest BCUT2D eigenvalue weighted by molar-refractivity contribution is 7.86. The second-order valence-electron chi connectivity index (χ2n) is 7.73. The van der Waals surface area contributed by atoms with E-state index in [2.05, 4.69) is 5.32 Å². The van der Waals surface area contributed by atoms with Crippen LogP contribution in [0.3, 0.4) is 0 Å². The monoisotopic (exact) mass is 439 g/mol. The zero-order valence-electron chi connectivity index (χ0n) is 17.8. The van der Waals surface area contributed by atoms with E-state index in [0.29, 0.717) is 0 Å². The molecule has 0 bridgehead atoms. The molecule has 29 heavy (non-hydrogen) atoms. The minimum atomic E-state index is -4.19. The maximum Gasteiger partial charge on any atom is 0.333 e. The van der Waals surface area contributed by atoms with Crippen molar-refractivity contribution in [3.8, 4) is 0 Å². The Bertz CT molecular complexity index is 673. The van der Waals surface area contributed by atoms with E-state index in [-0.39, 0.29) is 25.3 Å². The molecule has 0 aromatic heterocycles. The minimum Gasteiger partial charge on any atom is -0.479 e. The number of carboxylic acids is 1. The van der Waals surface area contributed by atoms with Gasteiger partial charge in [0, 0.05) is 25.3 Å². The highest BCUT2D eigenvalue weighted by atomic mass is 32.2. The zero-order valence-corrected chi connectivity index (χ0v) is 18.6. The predicted octanol–water partition coefficient (Wildman–Crippen LogP) is 0.677. The number of carbonyl (C=O) groups excluding carboxylic acids is 2. The third-order valence-corrected chi connectivity index (χ3v) is 5.67. The summed E-state index contributed by atoms with van der Waals surface area (Å²) in [7, 11) is -4.19. The Balaban J connectivity index is 5.81. The van der Waals surface area contributed by atoms with Crippen LogP contribution in [0, 0.1) is 11.3 Å². The number of hydrogen-bond acceptors (Lipinski definition) is 8. The van der Waals surface area contributed by atoms with E-state index in [0.717, 1.165) is 0 Å². The first-order valence-corrected chi connectivity index (χ1v) is 11.0. The van der Waals surface area contributed by atoms with Crippen molar-refractivity contribution in [2.24, 2.45) is 11.3 Å². The number of aliphatic hydroxyl groups is 1. The molecule has 0 radical (unpaired) electrons. The van der Waals surface area contributed by atoms with Crippen molar-refractivity contribution in [1.29, 1.82) is 0 Å². The van der Waals surface area contributed by atoms with E-state index >= 15 is 0 Å². The second-order valence-corrected chi connectivity index (χ2v) is 9.45. The van der Waals surface area contributed by atoms with E-state index in [9.17, 15) is 33.0 Å². The lowest BCUT2D eigenvalue weighted by atomic mass is 9.76. The normalized spacial score (nSPS) is 15.4. The fraction of sp³-hybridized carbons (Fsp3) is 0.833. The standard InChI is InChI=1S/C18H33NO9S/c1-7-13(21)27-14(11(2)3)16(18(5,6)15(22)17(23)24)28-29(25,26)10-8-9-19-12(4)20/h11,14-16,22H,7-10H2,1-6H3,(H,19,20)(H,23,24)/t14?,15-,16?/m0/s1. The molecule has 0 aliphatic heterocycles. The first-order valence-electron chi connectivity index (χ1n) is 9.41. The quantitative estimate of drug-likeness (QED) is 0.213. The Morgan fingerprint density at radius 2 is 1.72 bits per heavy atom. The van der Waals surface area contributed by atoms with Gasteiger partial charge in [0.15, 0.2) is 6.10 Å². The molecule has 0 aliphatic rings. The van der Waals surface area contributed by atoms with Crippen LogP contribution in [0.5, 0.6) is 0 Å². The van der Waals surface area contributed by atoms with Gasteiger partial charge in [0.2, 0.25) is 5.91 Å². The van der Waals surface area contributed by atoms with Gasteiger partial charge in [-0.15, -0.1) is 0 Å². The summed E-state index contributed by atoms with van der Waals surface area (Å²) >= 11 is 0. The third-order valence-electron chi connectivity index (χ3n) is 4.38. The summed E-state index contributed by atoms with van der Waals surface area (Å²) in [6, 6.07) is 0. The Morgan fingerprint density at radius 1 is 1.17 bits per heavy atom. The molecule has 0 aliphatic carbocycles. The average molecular weight is 440 g/mol. The summed E-state index contributed by atoms with van der Waals surface area (Å²) in [5.74, 6) is -3.35. The maximum atomic E-state index is 12.5. The van der Waals surface area contributed by atoms with Crippen LogP contribution in [-0.2, 0) is 33.4 Å². The van der Waals surface area contributed by atoms with E-state index in [1.807, 2.05) is 0 Å². The van der Waals surface area contributed by atoms with Gasteiger partial charge in [-0.2, -0.15) is 8.42 Å². The Morgan fingerprint density at radius 3 is 2.14 bits per heavy atom. The summed E-state index contributed by atoms with van der Waals surface area (Å²) in [5, 5.41) is 21.9. The molecule has 0 aromatic carbocycles. The molecule has 2 unspecified atom stereocenters. The smallest absolute Gasteiger partial charge is 0.333 e. The summed E-state index contributed by atoms with van der Waals surface area (Å²) in [5.41, 5.74) is -1.61. The molecule has 0 aromatic rings. The second kappa shape index (κ2) is 11.5. The largest absolute Gasteiger partial charge is 0.479 e. The molecule has 3 atom stereocenters. The van der Waals surface area contributed by atoms with Crippen molar-refractivity contribution in [3.63, 3.8) is 0 Å². The fourth-order valence-corrected chi connectivity index (χ4v) is 3.85. The maximum absolute atomic E-state index is 12.5. The number of aliphatic carboxylic acids is 1. The number of esters is 1. The molecular formula is C18H33NO9S. The van der Waals surface area contributed by atoms with Crippen LogP contribution in [0.4, 0.5) is 0 Å². The number of hydrogen-bond donors (Lipinski definition) is 3. The van der Waals surface area contributed by atoms with Crippen LogP contribution in [0.25, 0.3) is 0 Å². The van der Waals surface area contributed by atoms with Gasteiger partial charge in [0.05, 0.1) is 5.75 Å². The molecule has 0 rings (SSSR count). The topological polar surface area (TPSA) is 156 Å². The lowest BCUT2D eigenvalue weighted by molar-refractivity contribution is -0.174. The van der Waals surface area contributed by atoms with Gasteiger partial charge in [-0.25, -0.2) is 4.79 Å². The fourth-order valence-electron chi connectivity index (χ4n) is 2.58. The predicted molar refractivity (Wildman–Crippen MR) is 104 cm³/mol. The number of rotatable bonds is 13. The molecule has 10 nitrogen and oxygen atoms in total. The summed E-state index contributed by atoms with van der Waals surface area (Å²) in [4.78, 5) is 34.1. The van der Waals surface area contributed by atoms with Gasteiger partial charge >= 0.3 is 11.9 Å². The molecule has 0 fully saturated rings. The molecule has 1 amide bonds. The lowest BCUT2D eigenvalue weighted by Gasteiger charge is -2.40. The Kier molecular flexibility index (Phi) is 10.8. The van der Waals surface area contributed by atoms with Gasteiger partial charge in [-0.1, -0.05) is 34.6 Å². The Labute approximate surface area is 172 Å². The number of nitrogens with one attached hydrogen (secondary N) is 1. The van der Waals surface area contributed by atoms with E-state index in [4.69, 9.17) is 8.92 Å². The summed E-state index contributed by atoms with van der Waals surface area (Å²) < 4.78 is 35.7. The number of ether oxygens (including phenoxy) is 1. The van der Waals surface area contributed by atoms with E-state index in [1.165, 1.54) is 20.8 Å². The summed E-state index contributed by atoms with van der Waals surface area (Å²) in [6.07, 6.45) is -4.44. The molecule has 11 heteroatoms. The number of carbonyl (C=O) groups is 3. The minimum absolute atomic E-state index is 0.0291. The van der Waals surface area contributed by atoms with Gasteiger partial charge in [-0.05, 0) is 12.3 Å². The number of aliphatic hydroxyl groups excluding tert-OH is 1. The SMILES string of the molecule is CCC(=O)OC(C(C)C)C(OS(=O)(=O)CCCNC(C)=O)C(C)(C)[C@@H](O)C(=O)O. The van der Waals surface area contributed by atoms with E-state index < -0.39 is 57.5 Å². The molecule has 0 spiro atoms. The van der Waals surface area contributed by atoms with Crippen molar-refractivity contribution in [1.82, 2.24) is 5.32 Å². The van der Waals surface area contributed by atoms with E-state index in [1.54, 1.807) is 20.8 Å². The molecule has 0 saturated heterocycles. The Hall–Kier alpha value is -1.72. The average Bonchev–Trinajstić information content (AvgIpc) is 2.60. The van der Waals surface area contributed by atoms with Crippen molar-refractivity contribution in [2.45, 2.75) is 72.7 Å². The first kappa shape index (κ1) is 27.3. The van der Waals surface area contributed by atoms with Crippen LogP contribution in [0.15, 0.2) is 0 Å². The van der Waals surface area contributed by atoms with Gasteiger partial charge in [0.1, 0.15) is 12.2 Å². The molecule has 3 N–H and O–H groups in total.